The van der Waals surface area contributed by atoms with E-state index >= 15 is 0 Å². The van der Waals surface area contributed by atoms with Crippen LogP contribution in [0.4, 0.5) is 0 Å². The van der Waals surface area contributed by atoms with Gasteiger partial charge in [0.05, 0.1) is 0 Å². The standard InChI is InChI=1S/C16H32N2/c1-4-17-13-15(2,3)14-18-11-9-16(10-12-18)7-5-6-8-16/h17H,4-14H2,1-3H3. The number of piperidine rings is 1. The van der Waals surface area contributed by atoms with Crippen LogP contribution < -0.4 is 5.32 Å². The highest BCUT2D eigenvalue weighted by atomic mass is 15.1. The van der Waals surface area contributed by atoms with E-state index in [9.17, 15) is 0 Å². The minimum Gasteiger partial charge on any atom is -0.316 e. The summed E-state index contributed by atoms with van der Waals surface area (Å²) in [5, 5.41) is 3.50. The molecule has 2 heteroatoms. The lowest BCUT2D eigenvalue weighted by atomic mass is 9.76. The second kappa shape index (κ2) is 5.92. The summed E-state index contributed by atoms with van der Waals surface area (Å²) in [4.78, 5) is 2.71. The van der Waals surface area contributed by atoms with Gasteiger partial charge >= 0.3 is 0 Å². The Morgan fingerprint density at radius 3 is 2.22 bits per heavy atom. The fourth-order valence-electron chi connectivity index (χ4n) is 3.94. The average molecular weight is 252 g/mol. The van der Waals surface area contributed by atoms with Gasteiger partial charge in [0.25, 0.3) is 0 Å². The summed E-state index contributed by atoms with van der Waals surface area (Å²) in [6.45, 7) is 13.2. The van der Waals surface area contributed by atoms with Gasteiger partial charge in [-0.1, -0.05) is 33.6 Å². The van der Waals surface area contributed by atoms with Crippen molar-refractivity contribution in [1.82, 2.24) is 10.2 Å². The highest BCUT2D eigenvalue weighted by Gasteiger charge is 2.37. The van der Waals surface area contributed by atoms with Crippen LogP contribution in [0.3, 0.4) is 0 Å². The number of hydrogen-bond acceptors (Lipinski definition) is 2. The number of nitrogens with zero attached hydrogens (tertiary/aromatic N) is 1. The van der Waals surface area contributed by atoms with Gasteiger partial charge in [-0.15, -0.1) is 0 Å². The van der Waals surface area contributed by atoms with E-state index in [0.29, 0.717) is 5.41 Å². The highest BCUT2D eigenvalue weighted by Crippen LogP contribution is 2.46. The third kappa shape index (κ3) is 3.71. The molecule has 106 valence electrons. The van der Waals surface area contributed by atoms with E-state index in [1.165, 1.54) is 58.2 Å². The number of likely N-dealkylation sites (tertiary alicyclic amines) is 1. The Labute approximate surface area is 114 Å². The Hall–Kier alpha value is -0.0800. The van der Waals surface area contributed by atoms with Gasteiger partial charge in [-0.05, 0) is 56.1 Å². The summed E-state index contributed by atoms with van der Waals surface area (Å²) in [6.07, 6.45) is 8.94. The molecular weight excluding hydrogens is 220 g/mol. The van der Waals surface area contributed by atoms with Gasteiger partial charge in [0.1, 0.15) is 0 Å². The first-order valence-corrected chi connectivity index (χ1v) is 7.98. The fraction of sp³-hybridized carbons (Fsp3) is 1.00. The van der Waals surface area contributed by atoms with Gasteiger partial charge in [-0.2, -0.15) is 0 Å². The molecule has 2 rings (SSSR count). The van der Waals surface area contributed by atoms with Gasteiger partial charge in [-0.25, -0.2) is 0 Å². The molecule has 0 bridgehead atoms. The molecule has 1 heterocycles. The maximum Gasteiger partial charge on any atom is 0.00448 e. The lowest BCUT2D eigenvalue weighted by Gasteiger charge is -2.42. The van der Waals surface area contributed by atoms with Crippen LogP contribution in [-0.4, -0.2) is 37.6 Å². The van der Waals surface area contributed by atoms with Crippen molar-refractivity contribution >= 4 is 0 Å². The molecule has 0 amide bonds. The predicted molar refractivity (Wildman–Crippen MR) is 78.9 cm³/mol. The molecular formula is C16H32N2. The van der Waals surface area contributed by atoms with Crippen LogP contribution in [-0.2, 0) is 0 Å². The van der Waals surface area contributed by atoms with Crippen LogP contribution in [0.2, 0.25) is 0 Å². The highest BCUT2D eigenvalue weighted by molar-refractivity contribution is 4.90. The molecule has 1 N–H and O–H groups in total. The van der Waals surface area contributed by atoms with Crippen molar-refractivity contribution in [2.45, 2.75) is 59.3 Å². The molecule has 1 spiro atoms. The topological polar surface area (TPSA) is 15.3 Å². The zero-order valence-corrected chi connectivity index (χ0v) is 12.7. The molecule has 0 radical (unpaired) electrons. The van der Waals surface area contributed by atoms with E-state index in [4.69, 9.17) is 0 Å². The Morgan fingerprint density at radius 2 is 1.67 bits per heavy atom. The molecule has 1 aliphatic carbocycles. The van der Waals surface area contributed by atoms with E-state index in [-0.39, 0.29) is 0 Å². The van der Waals surface area contributed by atoms with Crippen molar-refractivity contribution in [3.05, 3.63) is 0 Å². The van der Waals surface area contributed by atoms with Crippen molar-refractivity contribution in [3.8, 4) is 0 Å². The van der Waals surface area contributed by atoms with Crippen LogP contribution in [0.1, 0.15) is 59.3 Å². The summed E-state index contributed by atoms with van der Waals surface area (Å²) < 4.78 is 0. The van der Waals surface area contributed by atoms with Gasteiger partial charge < -0.3 is 10.2 Å². The quantitative estimate of drug-likeness (QED) is 0.808. The summed E-state index contributed by atoms with van der Waals surface area (Å²) in [5.74, 6) is 0. The molecule has 18 heavy (non-hydrogen) atoms. The van der Waals surface area contributed by atoms with E-state index in [1.807, 2.05) is 0 Å². The van der Waals surface area contributed by atoms with Gasteiger partial charge in [0, 0.05) is 13.1 Å². The molecule has 0 unspecified atom stereocenters. The molecule has 2 nitrogen and oxygen atoms in total. The van der Waals surface area contributed by atoms with Gasteiger partial charge in [0.2, 0.25) is 0 Å². The Morgan fingerprint density at radius 1 is 1.06 bits per heavy atom. The summed E-state index contributed by atoms with van der Waals surface area (Å²) in [7, 11) is 0. The Bertz CT molecular complexity index is 244. The Balaban J connectivity index is 1.75. The predicted octanol–water partition coefficient (Wildman–Crippen LogP) is 3.28. The van der Waals surface area contributed by atoms with Crippen molar-refractivity contribution < 1.29 is 0 Å². The minimum absolute atomic E-state index is 0.413. The van der Waals surface area contributed by atoms with Crippen LogP contribution in [0.5, 0.6) is 0 Å². The van der Waals surface area contributed by atoms with Crippen molar-refractivity contribution in [3.63, 3.8) is 0 Å². The molecule has 0 aromatic heterocycles. The average Bonchev–Trinajstić information content (AvgIpc) is 2.79. The monoisotopic (exact) mass is 252 g/mol. The molecule has 1 saturated carbocycles. The Kier molecular flexibility index (Phi) is 4.71. The van der Waals surface area contributed by atoms with Crippen LogP contribution in [0, 0.1) is 10.8 Å². The second-order valence-electron chi connectivity index (χ2n) is 7.43. The summed E-state index contributed by atoms with van der Waals surface area (Å²) in [5.41, 5.74) is 1.18. The third-order valence-electron chi connectivity index (χ3n) is 5.09. The molecule has 0 aromatic carbocycles. The maximum absolute atomic E-state index is 3.50. The first-order chi connectivity index (χ1) is 8.55. The largest absolute Gasteiger partial charge is 0.316 e. The molecule has 2 fully saturated rings. The zero-order chi connectivity index (χ0) is 13.1. The van der Waals surface area contributed by atoms with E-state index in [2.05, 4.69) is 31.0 Å². The number of hydrogen-bond donors (Lipinski definition) is 1. The minimum atomic E-state index is 0.413. The lowest BCUT2D eigenvalue weighted by Crippen LogP contribution is -2.45. The smallest absolute Gasteiger partial charge is 0.00448 e. The summed E-state index contributed by atoms with van der Waals surface area (Å²) >= 11 is 0. The number of rotatable bonds is 5. The number of nitrogens with one attached hydrogen (secondary N) is 1. The first-order valence-electron chi connectivity index (χ1n) is 7.98. The van der Waals surface area contributed by atoms with Crippen molar-refractivity contribution in [1.29, 1.82) is 0 Å². The van der Waals surface area contributed by atoms with Crippen LogP contribution in [0.25, 0.3) is 0 Å². The molecule has 1 aliphatic heterocycles. The van der Waals surface area contributed by atoms with Gasteiger partial charge in [-0.3, -0.25) is 0 Å². The van der Waals surface area contributed by atoms with E-state index < -0.39 is 0 Å². The zero-order valence-electron chi connectivity index (χ0n) is 12.7. The molecule has 2 aliphatic rings. The van der Waals surface area contributed by atoms with Gasteiger partial charge in [0.15, 0.2) is 0 Å². The SMILES string of the molecule is CCNCC(C)(C)CN1CCC2(CCCC2)CC1. The van der Waals surface area contributed by atoms with Crippen molar-refractivity contribution in [2.24, 2.45) is 10.8 Å². The fourth-order valence-corrected chi connectivity index (χ4v) is 3.94. The second-order valence-corrected chi connectivity index (χ2v) is 7.43. The van der Waals surface area contributed by atoms with E-state index in [0.717, 1.165) is 18.5 Å². The normalized spacial score (nSPS) is 24.8. The molecule has 0 atom stereocenters. The first kappa shape index (κ1) is 14.3. The lowest BCUT2D eigenvalue weighted by molar-refractivity contribution is 0.0782. The third-order valence-corrected chi connectivity index (χ3v) is 5.09. The van der Waals surface area contributed by atoms with Crippen LogP contribution >= 0.6 is 0 Å². The molecule has 1 saturated heterocycles. The summed E-state index contributed by atoms with van der Waals surface area (Å²) in [6, 6.07) is 0. The van der Waals surface area contributed by atoms with Crippen molar-refractivity contribution in [2.75, 3.05) is 32.7 Å². The maximum atomic E-state index is 3.50. The van der Waals surface area contributed by atoms with E-state index in [1.54, 1.807) is 0 Å². The molecule has 0 aromatic rings. The van der Waals surface area contributed by atoms with Crippen LogP contribution in [0.15, 0.2) is 0 Å².